The smallest absolute Gasteiger partial charge is 0.236 e. The van der Waals surface area contributed by atoms with Crippen molar-refractivity contribution in [3.8, 4) is 0 Å². The SMILES string of the molecule is CC(C)OCCS(=O)(=O)Nc1ccn[nH]1. The molecule has 0 fully saturated rings. The van der Waals surface area contributed by atoms with Crippen LogP contribution in [0.4, 0.5) is 5.82 Å². The molecule has 0 aliphatic carbocycles. The van der Waals surface area contributed by atoms with E-state index >= 15 is 0 Å². The number of hydrogen-bond donors (Lipinski definition) is 2. The minimum Gasteiger partial charge on any atom is -0.378 e. The molecule has 0 atom stereocenters. The average Bonchev–Trinajstić information content (AvgIpc) is 2.54. The lowest BCUT2D eigenvalue weighted by Gasteiger charge is -2.08. The molecule has 0 bridgehead atoms. The molecular weight excluding hydrogens is 218 g/mol. The highest BCUT2D eigenvalue weighted by Gasteiger charge is 2.11. The summed E-state index contributed by atoms with van der Waals surface area (Å²) in [6.45, 7) is 3.89. The minimum absolute atomic E-state index is 0.0346. The number of sulfonamides is 1. The Kier molecular flexibility index (Phi) is 4.10. The highest BCUT2D eigenvalue weighted by atomic mass is 32.2. The van der Waals surface area contributed by atoms with Crippen LogP contribution < -0.4 is 4.72 Å². The zero-order valence-corrected chi connectivity index (χ0v) is 9.54. The van der Waals surface area contributed by atoms with Crippen LogP contribution in [0, 0.1) is 0 Å². The Morgan fingerprint density at radius 3 is 2.87 bits per heavy atom. The van der Waals surface area contributed by atoms with Gasteiger partial charge in [0.15, 0.2) is 0 Å². The van der Waals surface area contributed by atoms with E-state index < -0.39 is 10.0 Å². The highest BCUT2D eigenvalue weighted by Crippen LogP contribution is 2.03. The van der Waals surface area contributed by atoms with Crippen molar-refractivity contribution < 1.29 is 13.2 Å². The summed E-state index contributed by atoms with van der Waals surface area (Å²) in [5, 5.41) is 6.14. The van der Waals surface area contributed by atoms with Crippen LogP contribution in [-0.4, -0.2) is 37.1 Å². The third-order valence-corrected chi connectivity index (χ3v) is 2.80. The Bertz CT molecular complexity index is 372. The molecule has 1 rings (SSSR count). The molecule has 1 heterocycles. The Morgan fingerprint density at radius 1 is 1.60 bits per heavy atom. The number of nitrogens with one attached hydrogen (secondary N) is 2. The average molecular weight is 233 g/mol. The van der Waals surface area contributed by atoms with Crippen LogP contribution in [0.3, 0.4) is 0 Å². The van der Waals surface area contributed by atoms with Gasteiger partial charge in [-0.15, -0.1) is 0 Å². The second-order valence-corrected chi connectivity index (χ2v) is 5.15. The first-order chi connectivity index (χ1) is 6.99. The normalized spacial score (nSPS) is 11.9. The second-order valence-electron chi connectivity index (χ2n) is 3.31. The van der Waals surface area contributed by atoms with E-state index in [1.54, 1.807) is 6.07 Å². The Morgan fingerprint density at radius 2 is 2.33 bits per heavy atom. The second kappa shape index (κ2) is 5.13. The van der Waals surface area contributed by atoms with Gasteiger partial charge in [0, 0.05) is 6.07 Å². The lowest BCUT2D eigenvalue weighted by atomic mass is 10.5. The molecule has 7 heteroatoms. The van der Waals surface area contributed by atoms with Crippen LogP contribution in [0.25, 0.3) is 0 Å². The molecule has 0 radical (unpaired) electrons. The predicted molar refractivity (Wildman–Crippen MR) is 57.1 cm³/mol. The van der Waals surface area contributed by atoms with Gasteiger partial charge in [0.1, 0.15) is 5.82 Å². The van der Waals surface area contributed by atoms with Gasteiger partial charge in [0.2, 0.25) is 10.0 Å². The summed E-state index contributed by atoms with van der Waals surface area (Å²) in [7, 11) is -3.35. The lowest BCUT2D eigenvalue weighted by Crippen LogP contribution is -2.21. The summed E-state index contributed by atoms with van der Waals surface area (Å²) in [6.07, 6.45) is 1.51. The fourth-order valence-electron chi connectivity index (χ4n) is 0.925. The van der Waals surface area contributed by atoms with E-state index in [2.05, 4.69) is 14.9 Å². The zero-order valence-electron chi connectivity index (χ0n) is 8.73. The van der Waals surface area contributed by atoms with Crippen molar-refractivity contribution in [1.29, 1.82) is 0 Å². The quantitative estimate of drug-likeness (QED) is 0.752. The Hall–Kier alpha value is -1.08. The van der Waals surface area contributed by atoms with E-state index in [4.69, 9.17) is 4.74 Å². The fourth-order valence-corrected chi connectivity index (χ4v) is 1.79. The number of nitrogens with zero attached hydrogens (tertiary/aromatic N) is 1. The predicted octanol–water partition coefficient (Wildman–Crippen LogP) is 0.576. The first-order valence-corrected chi connectivity index (χ1v) is 6.26. The number of aromatic amines is 1. The number of rotatable bonds is 6. The minimum atomic E-state index is -3.35. The third-order valence-electron chi connectivity index (χ3n) is 1.57. The Labute approximate surface area is 89.1 Å². The summed E-state index contributed by atoms with van der Waals surface area (Å²) in [6, 6.07) is 1.54. The van der Waals surface area contributed by atoms with E-state index in [1.165, 1.54) is 6.20 Å². The molecule has 0 amide bonds. The molecule has 1 aromatic heterocycles. The largest absolute Gasteiger partial charge is 0.378 e. The van der Waals surface area contributed by atoms with Crippen LogP contribution in [0.15, 0.2) is 12.3 Å². The van der Waals surface area contributed by atoms with Crippen molar-refractivity contribution in [2.75, 3.05) is 17.1 Å². The molecular formula is C8H15N3O3S. The van der Waals surface area contributed by atoms with Crippen molar-refractivity contribution in [3.63, 3.8) is 0 Å². The van der Waals surface area contributed by atoms with E-state index in [1.807, 2.05) is 13.8 Å². The zero-order chi connectivity index (χ0) is 11.3. The molecule has 1 aromatic rings. The van der Waals surface area contributed by atoms with E-state index in [0.29, 0.717) is 5.82 Å². The van der Waals surface area contributed by atoms with Gasteiger partial charge in [-0.05, 0) is 13.8 Å². The summed E-state index contributed by atoms with van der Waals surface area (Å²) >= 11 is 0. The van der Waals surface area contributed by atoms with Crippen molar-refractivity contribution in [2.45, 2.75) is 20.0 Å². The van der Waals surface area contributed by atoms with Crippen molar-refractivity contribution >= 4 is 15.8 Å². The van der Waals surface area contributed by atoms with Crippen LogP contribution in [0.1, 0.15) is 13.8 Å². The van der Waals surface area contributed by atoms with E-state index in [-0.39, 0.29) is 18.5 Å². The molecule has 2 N–H and O–H groups in total. The van der Waals surface area contributed by atoms with Crippen LogP contribution in [-0.2, 0) is 14.8 Å². The fraction of sp³-hybridized carbons (Fsp3) is 0.625. The summed E-state index contributed by atoms with van der Waals surface area (Å²) in [5.74, 6) is 0.295. The number of H-pyrrole nitrogens is 1. The molecule has 0 saturated heterocycles. The molecule has 6 nitrogen and oxygen atoms in total. The summed E-state index contributed by atoms with van der Waals surface area (Å²) < 4.78 is 30.4. The third kappa shape index (κ3) is 4.80. The Balaban J connectivity index is 2.39. The molecule has 0 unspecified atom stereocenters. The molecule has 0 aromatic carbocycles. The van der Waals surface area contributed by atoms with Gasteiger partial charge in [-0.2, -0.15) is 5.10 Å². The van der Waals surface area contributed by atoms with Crippen molar-refractivity contribution in [1.82, 2.24) is 10.2 Å². The maximum absolute atomic E-state index is 11.4. The van der Waals surface area contributed by atoms with Gasteiger partial charge in [0.25, 0.3) is 0 Å². The molecule has 0 aliphatic heterocycles. The lowest BCUT2D eigenvalue weighted by molar-refractivity contribution is 0.0913. The molecule has 15 heavy (non-hydrogen) atoms. The first kappa shape index (κ1) is 12.0. The van der Waals surface area contributed by atoms with Crippen LogP contribution in [0.5, 0.6) is 0 Å². The number of ether oxygens (including phenoxy) is 1. The van der Waals surface area contributed by atoms with Gasteiger partial charge < -0.3 is 4.74 Å². The van der Waals surface area contributed by atoms with Crippen molar-refractivity contribution in [2.24, 2.45) is 0 Å². The molecule has 86 valence electrons. The van der Waals surface area contributed by atoms with E-state index in [0.717, 1.165) is 0 Å². The standard InChI is InChI=1S/C8H15N3O3S/c1-7(2)14-5-6-15(12,13)11-8-3-4-9-10-8/h3-4,7H,5-6H2,1-2H3,(H2,9,10,11). The number of anilines is 1. The van der Waals surface area contributed by atoms with Gasteiger partial charge >= 0.3 is 0 Å². The maximum atomic E-state index is 11.4. The molecule has 0 saturated carbocycles. The van der Waals surface area contributed by atoms with Crippen LogP contribution >= 0.6 is 0 Å². The maximum Gasteiger partial charge on any atom is 0.236 e. The van der Waals surface area contributed by atoms with Gasteiger partial charge in [-0.3, -0.25) is 9.82 Å². The summed E-state index contributed by atoms with van der Waals surface area (Å²) in [5.41, 5.74) is 0. The topological polar surface area (TPSA) is 84.1 Å². The van der Waals surface area contributed by atoms with Gasteiger partial charge in [-0.1, -0.05) is 0 Å². The van der Waals surface area contributed by atoms with Crippen molar-refractivity contribution in [3.05, 3.63) is 12.3 Å². The van der Waals surface area contributed by atoms with Crippen LogP contribution in [0.2, 0.25) is 0 Å². The van der Waals surface area contributed by atoms with Gasteiger partial charge in [0.05, 0.1) is 24.7 Å². The van der Waals surface area contributed by atoms with Gasteiger partial charge in [-0.25, -0.2) is 8.42 Å². The monoisotopic (exact) mass is 233 g/mol. The molecule has 0 aliphatic rings. The highest BCUT2D eigenvalue weighted by molar-refractivity contribution is 7.92. The number of aromatic nitrogens is 2. The number of hydrogen-bond acceptors (Lipinski definition) is 4. The van der Waals surface area contributed by atoms with E-state index in [9.17, 15) is 8.42 Å². The first-order valence-electron chi connectivity index (χ1n) is 4.61. The molecule has 0 spiro atoms. The summed E-state index contributed by atoms with van der Waals surface area (Å²) in [4.78, 5) is 0.